The standard InChI is InChI=1S/C15H19NO2/c1-11(12-7-9-14(17)10-8-12)16(2)15(18)13-5-3-4-6-13/h3-4,7-11,13,17H,5-6H2,1-2H3. The van der Waals surface area contributed by atoms with E-state index in [1.54, 1.807) is 17.0 Å². The van der Waals surface area contributed by atoms with E-state index in [0.717, 1.165) is 18.4 Å². The Bertz CT molecular complexity index is 442. The topological polar surface area (TPSA) is 40.5 Å². The summed E-state index contributed by atoms with van der Waals surface area (Å²) < 4.78 is 0. The number of hydrogen-bond donors (Lipinski definition) is 1. The summed E-state index contributed by atoms with van der Waals surface area (Å²) in [5, 5.41) is 9.27. The van der Waals surface area contributed by atoms with Gasteiger partial charge in [0.25, 0.3) is 0 Å². The van der Waals surface area contributed by atoms with Crippen molar-refractivity contribution < 1.29 is 9.90 Å². The fraction of sp³-hybridized carbons (Fsp3) is 0.400. The van der Waals surface area contributed by atoms with Crippen LogP contribution in [-0.2, 0) is 4.79 Å². The molecule has 0 saturated heterocycles. The Morgan fingerprint density at radius 2 is 1.83 bits per heavy atom. The fourth-order valence-corrected chi connectivity index (χ4v) is 2.27. The van der Waals surface area contributed by atoms with Gasteiger partial charge in [0.2, 0.25) is 5.91 Å². The lowest BCUT2D eigenvalue weighted by Gasteiger charge is -2.28. The second-order valence-corrected chi connectivity index (χ2v) is 4.86. The normalized spacial score (nSPS) is 16.8. The number of allylic oxidation sites excluding steroid dienone is 2. The Kier molecular flexibility index (Phi) is 3.70. The number of hydrogen-bond acceptors (Lipinski definition) is 2. The molecule has 3 nitrogen and oxygen atoms in total. The molecule has 96 valence electrons. The number of carbonyl (C=O) groups is 1. The monoisotopic (exact) mass is 245 g/mol. The Balaban J connectivity index is 2.05. The molecule has 1 aromatic carbocycles. The molecule has 0 aliphatic heterocycles. The van der Waals surface area contributed by atoms with Crippen LogP contribution in [0, 0.1) is 5.92 Å². The molecule has 0 radical (unpaired) electrons. The summed E-state index contributed by atoms with van der Waals surface area (Å²) in [6, 6.07) is 7.05. The molecule has 1 unspecified atom stereocenters. The number of aromatic hydroxyl groups is 1. The van der Waals surface area contributed by atoms with Crippen LogP contribution in [0.4, 0.5) is 0 Å². The molecular weight excluding hydrogens is 226 g/mol. The summed E-state index contributed by atoms with van der Waals surface area (Å²) in [5.74, 6) is 0.551. The quantitative estimate of drug-likeness (QED) is 0.832. The molecule has 1 aliphatic carbocycles. The van der Waals surface area contributed by atoms with Crippen LogP contribution in [-0.4, -0.2) is 23.0 Å². The number of rotatable bonds is 3. The highest BCUT2D eigenvalue weighted by atomic mass is 16.3. The summed E-state index contributed by atoms with van der Waals surface area (Å²) in [6.07, 6.45) is 5.85. The first-order valence-corrected chi connectivity index (χ1v) is 6.30. The molecule has 1 aromatic rings. The van der Waals surface area contributed by atoms with Crippen molar-refractivity contribution in [3.05, 3.63) is 42.0 Å². The zero-order chi connectivity index (χ0) is 13.1. The molecule has 1 aliphatic rings. The third kappa shape index (κ3) is 2.55. The summed E-state index contributed by atoms with van der Waals surface area (Å²) in [7, 11) is 1.85. The molecule has 1 amide bonds. The molecule has 1 N–H and O–H groups in total. The first kappa shape index (κ1) is 12.7. The van der Waals surface area contributed by atoms with Gasteiger partial charge in [-0.1, -0.05) is 24.3 Å². The number of amides is 1. The summed E-state index contributed by atoms with van der Waals surface area (Å²) in [4.78, 5) is 14.1. The molecule has 0 heterocycles. The molecule has 18 heavy (non-hydrogen) atoms. The minimum absolute atomic E-state index is 0.0266. The van der Waals surface area contributed by atoms with Gasteiger partial charge in [-0.2, -0.15) is 0 Å². The Labute approximate surface area is 108 Å². The van der Waals surface area contributed by atoms with Gasteiger partial charge in [-0.3, -0.25) is 4.79 Å². The molecule has 0 bridgehead atoms. The average molecular weight is 245 g/mol. The molecular formula is C15H19NO2. The van der Waals surface area contributed by atoms with Crippen molar-refractivity contribution in [3.63, 3.8) is 0 Å². The number of phenolic OH excluding ortho intramolecular Hbond substituents is 1. The zero-order valence-corrected chi connectivity index (χ0v) is 10.8. The van der Waals surface area contributed by atoms with Crippen LogP contribution in [0.5, 0.6) is 5.75 Å². The van der Waals surface area contributed by atoms with Gasteiger partial charge in [0.1, 0.15) is 5.75 Å². The minimum Gasteiger partial charge on any atom is -0.508 e. The van der Waals surface area contributed by atoms with Crippen molar-refractivity contribution >= 4 is 5.91 Å². The SMILES string of the molecule is CC(c1ccc(O)cc1)N(C)C(=O)C1CC=CC1. The van der Waals surface area contributed by atoms with Crippen molar-refractivity contribution in [2.45, 2.75) is 25.8 Å². The molecule has 0 saturated carbocycles. The van der Waals surface area contributed by atoms with E-state index in [9.17, 15) is 9.90 Å². The van der Waals surface area contributed by atoms with E-state index in [0.29, 0.717) is 0 Å². The van der Waals surface area contributed by atoms with E-state index in [-0.39, 0.29) is 23.6 Å². The van der Waals surface area contributed by atoms with Gasteiger partial charge in [-0.05, 0) is 37.5 Å². The van der Waals surface area contributed by atoms with E-state index in [2.05, 4.69) is 12.2 Å². The average Bonchev–Trinajstić information content (AvgIpc) is 2.91. The smallest absolute Gasteiger partial charge is 0.226 e. The van der Waals surface area contributed by atoms with Crippen LogP contribution in [0.2, 0.25) is 0 Å². The van der Waals surface area contributed by atoms with Crippen molar-refractivity contribution in [1.82, 2.24) is 4.90 Å². The van der Waals surface area contributed by atoms with Crippen molar-refractivity contribution in [3.8, 4) is 5.75 Å². The molecule has 0 spiro atoms. The maximum atomic E-state index is 12.3. The van der Waals surface area contributed by atoms with Crippen LogP contribution >= 0.6 is 0 Å². The van der Waals surface area contributed by atoms with E-state index in [1.165, 1.54) is 0 Å². The summed E-state index contributed by atoms with van der Waals surface area (Å²) in [5.41, 5.74) is 1.04. The lowest BCUT2D eigenvalue weighted by atomic mass is 10.0. The number of carbonyl (C=O) groups excluding carboxylic acids is 1. The van der Waals surface area contributed by atoms with Crippen molar-refractivity contribution in [1.29, 1.82) is 0 Å². The molecule has 2 rings (SSSR count). The second-order valence-electron chi connectivity index (χ2n) is 4.86. The highest BCUT2D eigenvalue weighted by Crippen LogP contribution is 2.26. The lowest BCUT2D eigenvalue weighted by molar-refractivity contribution is -0.135. The van der Waals surface area contributed by atoms with Crippen LogP contribution in [0.1, 0.15) is 31.4 Å². The maximum Gasteiger partial charge on any atom is 0.226 e. The second kappa shape index (κ2) is 5.25. The maximum absolute atomic E-state index is 12.3. The first-order chi connectivity index (χ1) is 8.59. The van der Waals surface area contributed by atoms with Gasteiger partial charge in [-0.25, -0.2) is 0 Å². The zero-order valence-electron chi connectivity index (χ0n) is 10.8. The molecule has 0 fully saturated rings. The third-order valence-corrected chi connectivity index (χ3v) is 3.66. The van der Waals surface area contributed by atoms with Gasteiger partial charge in [-0.15, -0.1) is 0 Å². The summed E-state index contributed by atoms with van der Waals surface area (Å²) in [6.45, 7) is 2.01. The molecule has 0 aromatic heterocycles. The van der Waals surface area contributed by atoms with E-state index in [4.69, 9.17) is 0 Å². The first-order valence-electron chi connectivity index (χ1n) is 6.30. The Morgan fingerprint density at radius 1 is 1.28 bits per heavy atom. The number of nitrogens with zero attached hydrogens (tertiary/aromatic N) is 1. The van der Waals surface area contributed by atoms with Crippen molar-refractivity contribution in [2.24, 2.45) is 5.92 Å². The minimum atomic E-state index is 0.0266. The largest absolute Gasteiger partial charge is 0.508 e. The molecule has 3 heteroatoms. The van der Waals surface area contributed by atoms with Gasteiger partial charge in [0, 0.05) is 13.0 Å². The predicted molar refractivity (Wildman–Crippen MR) is 71.2 cm³/mol. The van der Waals surface area contributed by atoms with Crippen LogP contribution in [0.15, 0.2) is 36.4 Å². The van der Waals surface area contributed by atoms with Gasteiger partial charge in [0.15, 0.2) is 0 Å². The van der Waals surface area contributed by atoms with Crippen LogP contribution < -0.4 is 0 Å². The number of benzene rings is 1. The van der Waals surface area contributed by atoms with Gasteiger partial charge >= 0.3 is 0 Å². The Morgan fingerprint density at radius 3 is 2.39 bits per heavy atom. The number of phenols is 1. The van der Waals surface area contributed by atoms with Gasteiger partial charge in [0.05, 0.1) is 6.04 Å². The van der Waals surface area contributed by atoms with E-state index >= 15 is 0 Å². The highest BCUT2D eigenvalue weighted by molar-refractivity contribution is 5.79. The Hall–Kier alpha value is -1.77. The van der Waals surface area contributed by atoms with Gasteiger partial charge < -0.3 is 10.0 Å². The predicted octanol–water partition coefficient (Wildman–Crippen LogP) is 2.88. The van der Waals surface area contributed by atoms with E-state index in [1.807, 2.05) is 26.1 Å². The summed E-state index contributed by atoms with van der Waals surface area (Å²) >= 11 is 0. The lowest BCUT2D eigenvalue weighted by Crippen LogP contribution is -2.34. The van der Waals surface area contributed by atoms with E-state index < -0.39 is 0 Å². The fourth-order valence-electron chi connectivity index (χ4n) is 2.27. The third-order valence-electron chi connectivity index (χ3n) is 3.66. The highest BCUT2D eigenvalue weighted by Gasteiger charge is 2.25. The van der Waals surface area contributed by atoms with Crippen molar-refractivity contribution in [2.75, 3.05) is 7.05 Å². The molecule has 1 atom stereocenters. The van der Waals surface area contributed by atoms with Crippen LogP contribution in [0.3, 0.4) is 0 Å². The van der Waals surface area contributed by atoms with Crippen LogP contribution in [0.25, 0.3) is 0 Å².